The molecule has 0 aromatic heterocycles. The van der Waals surface area contributed by atoms with Gasteiger partial charge >= 0.3 is 5.97 Å². The van der Waals surface area contributed by atoms with E-state index in [1.807, 2.05) is 0 Å². The molecule has 2 aliphatic carbocycles. The van der Waals surface area contributed by atoms with E-state index < -0.39 is 0 Å². The molecule has 0 radical (unpaired) electrons. The molecule has 0 aliphatic heterocycles. The number of hydrogen-bond donors (Lipinski definition) is 0. The second-order valence-corrected chi connectivity index (χ2v) is 4.41. The van der Waals surface area contributed by atoms with Crippen LogP contribution in [0.3, 0.4) is 0 Å². The van der Waals surface area contributed by atoms with Crippen LogP contribution in [0.5, 0.6) is 0 Å². The second kappa shape index (κ2) is 4.16. The van der Waals surface area contributed by atoms with Crippen molar-refractivity contribution in [2.75, 3.05) is 6.61 Å². The maximum atomic E-state index is 11.7. The molecule has 2 heteroatoms. The van der Waals surface area contributed by atoms with Crippen molar-refractivity contribution in [3.8, 4) is 0 Å². The molecule has 0 spiro atoms. The fraction of sp³-hybridized carbons (Fsp3) is 0.750. The van der Waals surface area contributed by atoms with Gasteiger partial charge in [-0.15, -0.1) is 0 Å². The minimum absolute atomic E-state index is 0.0373. The summed E-state index contributed by atoms with van der Waals surface area (Å²) in [6, 6.07) is 0. The lowest BCUT2D eigenvalue weighted by atomic mass is 9.94. The fourth-order valence-electron chi connectivity index (χ4n) is 2.48. The van der Waals surface area contributed by atoms with Gasteiger partial charge in [0, 0.05) is 0 Å². The summed E-state index contributed by atoms with van der Waals surface area (Å²) in [6.07, 6.45) is 8.71. The molecule has 0 saturated heterocycles. The average Bonchev–Trinajstić information content (AvgIpc) is 2.79. The molecule has 0 N–H and O–H groups in total. The Morgan fingerprint density at radius 2 is 2.29 bits per heavy atom. The van der Waals surface area contributed by atoms with Crippen molar-refractivity contribution in [1.82, 2.24) is 0 Å². The first-order valence-corrected chi connectivity index (χ1v) is 5.66. The topological polar surface area (TPSA) is 26.3 Å². The first kappa shape index (κ1) is 9.75. The third-order valence-electron chi connectivity index (χ3n) is 3.32. The summed E-state index contributed by atoms with van der Waals surface area (Å²) in [5.41, 5.74) is 0. The Morgan fingerprint density at radius 3 is 2.86 bits per heavy atom. The van der Waals surface area contributed by atoms with Gasteiger partial charge in [-0.1, -0.05) is 25.5 Å². The Labute approximate surface area is 85.3 Å². The molecule has 3 unspecified atom stereocenters. The Kier molecular flexibility index (Phi) is 2.90. The van der Waals surface area contributed by atoms with Crippen molar-refractivity contribution in [2.24, 2.45) is 17.8 Å². The Balaban J connectivity index is 1.79. The average molecular weight is 194 g/mol. The van der Waals surface area contributed by atoms with E-state index >= 15 is 0 Å². The number of carbonyl (C=O) groups excluding carboxylic acids is 1. The van der Waals surface area contributed by atoms with E-state index in [9.17, 15) is 4.79 Å². The van der Waals surface area contributed by atoms with Crippen LogP contribution in [0.2, 0.25) is 0 Å². The summed E-state index contributed by atoms with van der Waals surface area (Å²) in [6.45, 7) is 2.71. The van der Waals surface area contributed by atoms with Crippen LogP contribution in [0.15, 0.2) is 12.2 Å². The predicted octanol–water partition coefficient (Wildman–Crippen LogP) is 2.54. The van der Waals surface area contributed by atoms with Crippen LogP contribution in [0.25, 0.3) is 0 Å². The van der Waals surface area contributed by atoms with Gasteiger partial charge in [-0.25, -0.2) is 0 Å². The van der Waals surface area contributed by atoms with Gasteiger partial charge in [0.25, 0.3) is 0 Å². The second-order valence-electron chi connectivity index (χ2n) is 4.41. The van der Waals surface area contributed by atoms with E-state index in [0.717, 1.165) is 19.3 Å². The number of esters is 1. The van der Waals surface area contributed by atoms with E-state index in [1.54, 1.807) is 0 Å². The van der Waals surface area contributed by atoms with Gasteiger partial charge in [-0.2, -0.15) is 0 Å². The Bertz CT molecular complexity index is 245. The quantitative estimate of drug-likeness (QED) is 0.390. The van der Waals surface area contributed by atoms with E-state index in [2.05, 4.69) is 19.1 Å². The zero-order valence-electron chi connectivity index (χ0n) is 8.74. The summed E-state index contributed by atoms with van der Waals surface area (Å²) in [5.74, 6) is 1.34. The number of fused-ring (bicyclic) bond motifs is 2. The van der Waals surface area contributed by atoms with Gasteiger partial charge in [-0.05, 0) is 31.1 Å². The molecule has 2 rings (SSSR count). The number of carbonyl (C=O) groups is 1. The van der Waals surface area contributed by atoms with E-state index in [1.165, 1.54) is 6.42 Å². The van der Waals surface area contributed by atoms with Crippen LogP contribution < -0.4 is 0 Å². The molecule has 1 fully saturated rings. The van der Waals surface area contributed by atoms with Crippen molar-refractivity contribution in [3.63, 3.8) is 0 Å². The highest BCUT2D eigenvalue weighted by Gasteiger charge is 2.40. The van der Waals surface area contributed by atoms with Crippen molar-refractivity contribution < 1.29 is 9.53 Å². The molecule has 14 heavy (non-hydrogen) atoms. The SMILES string of the molecule is CCCCOC(=O)C1CC2C=CC1C2. The smallest absolute Gasteiger partial charge is 0.309 e. The zero-order valence-corrected chi connectivity index (χ0v) is 8.74. The van der Waals surface area contributed by atoms with Crippen LogP contribution in [-0.2, 0) is 9.53 Å². The van der Waals surface area contributed by atoms with Gasteiger partial charge in [0.1, 0.15) is 0 Å². The standard InChI is InChI=1S/C12H18O2/c1-2-3-6-14-12(13)11-8-9-4-5-10(11)7-9/h4-5,9-11H,2-3,6-8H2,1H3. The highest BCUT2D eigenvalue weighted by atomic mass is 16.5. The molecule has 0 aromatic rings. The van der Waals surface area contributed by atoms with Crippen molar-refractivity contribution in [1.29, 1.82) is 0 Å². The normalized spacial score (nSPS) is 33.6. The van der Waals surface area contributed by atoms with Crippen LogP contribution in [0, 0.1) is 17.8 Å². The third kappa shape index (κ3) is 1.84. The van der Waals surface area contributed by atoms with E-state index in [-0.39, 0.29) is 11.9 Å². The maximum Gasteiger partial charge on any atom is 0.309 e. The lowest BCUT2D eigenvalue weighted by molar-refractivity contribution is -0.149. The highest BCUT2D eigenvalue weighted by Crippen LogP contribution is 2.43. The molecule has 2 nitrogen and oxygen atoms in total. The van der Waals surface area contributed by atoms with Gasteiger partial charge in [-0.3, -0.25) is 4.79 Å². The molecule has 2 aliphatic rings. The minimum atomic E-state index is 0.0373. The predicted molar refractivity (Wildman–Crippen MR) is 54.7 cm³/mol. The van der Waals surface area contributed by atoms with Gasteiger partial charge in [0.05, 0.1) is 12.5 Å². The van der Waals surface area contributed by atoms with Gasteiger partial charge in [0.2, 0.25) is 0 Å². The van der Waals surface area contributed by atoms with Crippen LogP contribution in [-0.4, -0.2) is 12.6 Å². The van der Waals surface area contributed by atoms with E-state index in [4.69, 9.17) is 4.74 Å². The maximum absolute atomic E-state index is 11.7. The fourth-order valence-corrected chi connectivity index (χ4v) is 2.48. The first-order valence-electron chi connectivity index (χ1n) is 5.66. The number of unbranched alkanes of at least 4 members (excludes halogenated alkanes) is 1. The molecular formula is C12H18O2. The third-order valence-corrected chi connectivity index (χ3v) is 3.32. The molecule has 0 heterocycles. The van der Waals surface area contributed by atoms with E-state index in [0.29, 0.717) is 18.4 Å². The lowest BCUT2D eigenvalue weighted by Crippen LogP contribution is -2.21. The van der Waals surface area contributed by atoms with Crippen LogP contribution in [0.4, 0.5) is 0 Å². The zero-order chi connectivity index (χ0) is 9.97. The Morgan fingerprint density at radius 1 is 1.43 bits per heavy atom. The van der Waals surface area contributed by atoms with Crippen LogP contribution in [0.1, 0.15) is 32.6 Å². The van der Waals surface area contributed by atoms with Gasteiger partial charge < -0.3 is 4.74 Å². The number of ether oxygens (including phenoxy) is 1. The number of rotatable bonds is 4. The molecule has 78 valence electrons. The number of hydrogen-bond acceptors (Lipinski definition) is 2. The first-order chi connectivity index (χ1) is 6.81. The monoisotopic (exact) mass is 194 g/mol. The van der Waals surface area contributed by atoms with Crippen molar-refractivity contribution in [2.45, 2.75) is 32.6 Å². The highest BCUT2D eigenvalue weighted by molar-refractivity contribution is 5.74. The van der Waals surface area contributed by atoms with Crippen molar-refractivity contribution in [3.05, 3.63) is 12.2 Å². The molecule has 0 amide bonds. The van der Waals surface area contributed by atoms with Crippen molar-refractivity contribution >= 4 is 5.97 Å². The minimum Gasteiger partial charge on any atom is -0.465 e. The Hall–Kier alpha value is -0.790. The molecule has 1 saturated carbocycles. The van der Waals surface area contributed by atoms with Crippen LogP contribution >= 0.6 is 0 Å². The largest absolute Gasteiger partial charge is 0.465 e. The summed E-state index contributed by atoms with van der Waals surface area (Å²) in [7, 11) is 0. The summed E-state index contributed by atoms with van der Waals surface area (Å²) in [5, 5.41) is 0. The summed E-state index contributed by atoms with van der Waals surface area (Å²) >= 11 is 0. The molecule has 3 atom stereocenters. The lowest BCUT2D eigenvalue weighted by Gasteiger charge is -2.16. The molecular weight excluding hydrogens is 176 g/mol. The summed E-state index contributed by atoms with van der Waals surface area (Å²) in [4.78, 5) is 11.7. The molecule has 2 bridgehead atoms. The number of allylic oxidation sites excluding steroid dienone is 2. The molecule has 0 aromatic carbocycles. The summed E-state index contributed by atoms with van der Waals surface area (Å²) < 4.78 is 5.25. The van der Waals surface area contributed by atoms with Gasteiger partial charge in [0.15, 0.2) is 0 Å².